The summed E-state index contributed by atoms with van der Waals surface area (Å²) < 4.78 is 0.778. The van der Waals surface area contributed by atoms with Crippen molar-refractivity contribution in [1.82, 2.24) is 4.90 Å². The number of anilines is 1. The minimum atomic E-state index is 0.0929. The summed E-state index contributed by atoms with van der Waals surface area (Å²) in [6.07, 6.45) is 0. The molecule has 1 aliphatic rings. The van der Waals surface area contributed by atoms with E-state index in [9.17, 15) is 4.79 Å². The van der Waals surface area contributed by atoms with Crippen molar-refractivity contribution in [2.24, 2.45) is 0 Å². The predicted molar refractivity (Wildman–Crippen MR) is 81.0 cm³/mol. The van der Waals surface area contributed by atoms with Crippen molar-refractivity contribution >= 4 is 39.3 Å². The largest absolute Gasteiger partial charge is 0.398 e. The van der Waals surface area contributed by atoms with Gasteiger partial charge in [0, 0.05) is 39.3 Å². The maximum Gasteiger partial charge on any atom is 0.254 e. The number of thioether (sulfide) groups is 1. The minimum Gasteiger partial charge on any atom is -0.398 e. The van der Waals surface area contributed by atoms with Gasteiger partial charge in [-0.25, -0.2) is 0 Å². The molecule has 2 unspecified atom stereocenters. The number of nitrogen functional groups attached to an aromatic ring is 1. The Hall–Kier alpha value is -0.680. The number of halogens is 1. The zero-order valence-corrected chi connectivity index (χ0v) is 12.9. The van der Waals surface area contributed by atoms with E-state index in [0.29, 0.717) is 16.5 Å². The first-order valence-electron chi connectivity index (χ1n) is 5.98. The normalized spacial score (nSPS) is 24.1. The van der Waals surface area contributed by atoms with E-state index in [0.717, 1.165) is 16.8 Å². The number of hydrogen-bond acceptors (Lipinski definition) is 3. The van der Waals surface area contributed by atoms with Crippen molar-refractivity contribution in [3.05, 3.63) is 28.2 Å². The van der Waals surface area contributed by atoms with E-state index in [2.05, 4.69) is 29.8 Å². The Morgan fingerprint density at radius 3 is 2.89 bits per heavy atom. The van der Waals surface area contributed by atoms with Crippen molar-refractivity contribution in [2.75, 3.05) is 18.0 Å². The number of carbonyl (C=O) groups is 1. The lowest BCUT2D eigenvalue weighted by atomic mass is 10.1. The molecule has 98 valence electrons. The third kappa shape index (κ3) is 2.67. The van der Waals surface area contributed by atoms with Crippen LogP contribution in [0.15, 0.2) is 22.7 Å². The van der Waals surface area contributed by atoms with Crippen LogP contribution < -0.4 is 5.73 Å². The molecule has 0 aliphatic carbocycles. The molecule has 0 aromatic heterocycles. The fourth-order valence-corrected chi connectivity index (χ4v) is 3.52. The number of hydrogen-bond donors (Lipinski definition) is 1. The van der Waals surface area contributed by atoms with Crippen LogP contribution in [-0.2, 0) is 0 Å². The van der Waals surface area contributed by atoms with Crippen LogP contribution >= 0.6 is 27.7 Å². The Bertz CT molecular complexity index is 466. The zero-order chi connectivity index (χ0) is 13.3. The molecule has 1 aromatic carbocycles. The second-order valence-corrected chi connectivity index (χ2v) is 6.89. The van der Waals surface area contributed by atoms with Crippen LogP contribution in [0.5, 0.6) is 0 Å². The van der Waals surface area contributed by atoms with Gasteiger partial charge in [0.25, 0.3) is 5.91 Å². The lowest BCUT2D eigenvalue weighted by molar-refractivity contribution is 0.0698. The third-order valence-corrected chi connectivity index (χ3v) is 5.42. The molecule has 1 amide bonds. The molecule has 5 heteroatoms. The number of nitrogens with two attached hydrogens (primary N) is 1. The quantitative estimate of drug-likeness (QED) is 0.806. The van der Waals surface area contributed by atoms with E-state index in [1.54, 1.807) is 18.2 Å². The third-order valence-electron chi connectivity index (χ3n) is 3.39. The zero-order valence-electron chi connectivity index (χ0n) is 10.5. The van der Waals surface area contributed by atoms with Crippen molar-refractivity contribution in [1.29, 1.82) is 0 Å². The Kier molecular flexibility index (Phi) is 4.22. The molecule has 2 rings (SSSR count). The van der Waals surface area contributed by atoms with Gasteiger partial charge in [0.2, 0.25) is 0 Å². The van der Waals surface area contributed by atoms with Crippen LogP contribution in [0.2, 0.25) is 0 Å². The molecule has 18 heavy (non-hydrogen) atoms. The first-order valence-corrected chi connectivity index (χ1v) is 7.82. The molecule has 0 saturated carbocycles. The summed E-state index contributed by atoms with van der Waals surface area (Å²) in [6, 6.07) is 5.63. The molecule has 2 atom stereocenters. The van der Waals surface area contributed by atoms with Gasteiger partial charge < -0.3 is 10.6 Å². The first kappa shape index (κ1) is 13.7. The Labute approximate surface area is 120 Å². The summed E-state index contributed by atoms with van der Waals surface area (Å²) in [5, 5.41) is 0.486. The summed E-state index contributed by atoms with van der Waals surface area (Å²) in [7, 11) is 0. The molecule has 1 heterocycles. The number of rotatable bonds is 1. The van der Waals surface area contributed by atoms with E-state index in [4.69, 9.17) is 5.73 Å². The highest BCUT2D eigenvalue weighted by molar-refractivity contribution is 9.10. The van der Waals surface area contributed by atoms with E-state index < -0.39 is 0 Å². The SMILES string of the molecule is CC1SCCN(C(=O)c2ccc(N)c(Br)c2)C1C. The van der Waals surface area contributed by atoms with Crippen molar-refractivity contribution < 1.29 is 4.79 Å². The van der Waals surface area contributed by atoms with Crippen molar-refractivity contribution in [3.63, 3.8) is 0 Å². The van der Waals surface area contributed by atoms with E-state index in [-0.39, 0.29) is 11.9 Å². The number of carbonyl (C=O) groups excluding carboxylic acids is 1. The van der Waals surface area contributed by atoms with Gasteiger partial charge in [-0.2, -0.15) is 11.8 Å². The topological polar surface area (TPSA) is 46.3 Å². The summed E-state index contributed by atoms with van der Waals surface area (Å²) in [6.45, 7) is 5.10. The molecule has 1 fully saturated rings. The molecule has 1 aliphatic heterocycles. The van der Waals surface area contributed by atoms with Crippen LogP contribution in [-0.4, -0.2) is 34.4 Å². The summed E-state index contributed by atoms with van der Waals surface area (Å²) in [4.78, 5) is 14.4. The maximum absolute atomic E-state index is 12.5. The maximum atomic E-state index is 12.5. The van der Waals surface area contributed by atoms with Gasteiger partial charge in [-0.05, 0) is 41.1 Å². The highest BCUT2D eigenvalue weighted by Crippen LogP contribution is 2.27. The molecule has 3 nitrogen and oxygen atoms in total. The molecule has 2 N–H and O–H groups in total. The van der Waals surface area contributed by atoms with E-state index in [1.807, 2.05) is 16.7 Å². The van der Waals surface area contributed by atoms with Gasteiger partial charge in [-0.1, -0.05) is 6.92 Å². The van der Waals surface area contributed by atoms with Gasteiger partial charge >= 0.3 is 0 Å². The first-order chi connectivity index (χ1) is 8.50. The van der Waals surface area contributed by atoms with Gasteiger partial charge in [0.15, 0.2) is 0 Å². The highest BCUT2D eigenvalue weighted by Gasteiger charge is 2.29. The lowest BCUT2D eigenvalue weighted by Crippen LogP contribution is -2.47. The van der Waals surface area contributed by atoms with E-state index >= 15 is 0 Å². The number of amides is 1. The Morgan fingerprint density at radius 2 is 2.22 bits per heavy atom. The fourth-order valence-electron chi connectivity index (χ4n) is 2.05. The van der Waals surface area contributed by atoms with Crippen molar-refractivity contribution in [2.45, 2.75) is 25.1 Å². The lowest BCUT2D eigenvalue weighted by Gasteiger charge is -2.37. The molecular weight excluding hydrogens is 312 g/mol. The molecule has 0 spiro atoms. The Morgan fingerprint density at radius 1 is 1.50 bits per heavy atom. The number of nitrogens with zero attached hydrogens (tertiary/aromatic N) is 1. The van der Waals surface area contributed by atoms with E-state index in [1.165, 1.54) is 0 Å². The van der Waals surface area contributed by atoms with Gasteiger partial charge in [0.1, 0.15) is 0 Å². The molecule has 1 saturated heterocycles. The second-order valence-electron chi connectivity index (χ2n) is 4.55. The molecule has 0 radical (unpaired) electrons. The van der Waals surface area contributed by atoms with Crippen LogP contribution in [0.25, 0.3) is 0 Å². The summed E-state index contributed by atoms with van der Waals surface area (Å²) in [5.74, 6) is 1.10. The Balaban J connectivity index is 2.22. The fraction of sp³-hybridized carbons (Fsp3) is 0.462. The summed E-state index contributed by atoms with van der Waals surface area (Å²) in [5.41, 5.74) is 7.09. The van der Waals surface area contributed by atoms with Crippen LogP contribution in [0, 0.1) is 0 Å². The summed E-state index contributed by atoms with van der Waals surface area (Å²) >= 11 is 5.29. The highest BCUT2D eigenvalue weighted by atomic mass is 79.9. The second kappa shape index (κ2) is 5.53. The van der Waals surface area contributed by atoms with Gasteiger partial charge in [-0.15, -0.1) is 0 Å². The van der Waals surface area contributed by atoms with Gasteiger partial charge in [-0.3, -0.25) is 4.79 Å². The van der Waals surface area contributed by atoms with Crippen molar-refractivity contribution in [3.8, 4) is 0 Å². The molecular formula is C13H17BrN2OS. The van der Waals surface area contributed by atoms with Crippen LogP contribution in [0.4, 0.5) is 5.69 Å². The monoisotopic (exact) mass is 328 g/mol. The standard InChI is InChI=1S/C13H17BrN2OS/c1-8-9(2)18-6-5-16(8)13(17)10-3-4-12(15)11(14)7-10/h3-4,7-9H,5-6,15H2,1-2H3. The average molecular weight is 329 g/mol. The van der Waals surface area contributed by atoms with Crippen LogP contribution in [0.1, 0.15) is 24.2 Å². The predicted octanol–water partition coefficient (Wildman–Crippen LogP) is 3.00. The molecule has 0 bridgehead atoms. The minimum absolute atomic E-state index is 0.0929. The number of benzene rings is 1. The smallest absolute Gasteiger partial charge is 0.254 e. The van der Waals surface area contributed by atoms with Crippen LogP contribution in [0.3, 0.4) is 0 Å². The van der Waals surface area contributed by atoms with Gasteiger partial charge in [0.05, 0.1) is 0 Å². The molecule has 1 aromatic rings. The average Bonchev–Trinajstić information content (AvgIpc) is 2.35.